The predicted octanol–water partition coefficient (Wildman–Crippen LogP) is 4.57. The van der Waals surface area contributed by atoms with Gasteiger partial charge >= 0.3 is 6.09 Å². The first-order chi connectivity index (χ1) is 16.8. The van der Waals surface area contributed by atoms with Gasteiger partial charge in [-0.25, -0.2) is 4.79 Å². The van der Waals surface area contributed by atoms with Gasteiger partial charge in [-0.15, -0.1) is 0 Å². The third kappa shape index (κ3) is 4.26. The van der Waals surface area contributed by atoms with Crippen molar-refractivity contribution < 1.29 is 19.2 Å². The van der Waals surface area contributed by atoms with E-state index in [1.807, 2.05) is 13.1 Å². The van der Waals surface area contributed by atoms with Gasteiger partial charge in [0.1, 0.15) is 0 Å². The highest BCUT2D eigenvalue weighted by molar-refractivity contribution is 5.91. The number of likely N-dealkylation sites (N-methyl/N-ethyl adjacent to an activating group) is 1. The second-order valence-electron chi connectivity index (χ2n) is 12.2. The maximum atomic E-state index is 12.8. The van der Waals surface area contributed by atoms with E-state index < -0.39 is 0 Å². The minimum Gasteiger partial charge on any atom is -0.377 e. The number of amides is 1. The molecule has 1 heterocycles. The highest BCUT2D eigenvalue weighted by Crippen LogP contribution is 2.66. The molecule has 0 aromatic heterocycles. The van der Waals surface area contributed by atoms with Crippen molar-refractivity contribution in [2.24, 2.45) is 39.7 Å². The first-order valence-corrected chi connectivity index (χ1v) is 13.8. The Morgan fingerprint density at radius 1 is 1.17 bits per heavy atom. The summed E-state index contributed by atoms with van der Waals surface area (Å²) >= 11 is 0. The molecule has 5 rings (SSSR count). The summed E-state index contributed by atoms with van der Waals surface area (Å²) < 4.78 is 5.29. The fourth-order valence-corrected chi connectivity index (χ4v) is 8.53. The molecular formula is C28H43N3O4. The average molecular weight is 486 g/mol. The van der Waals surface area contributed by atoms with Crippen LogP contribution in [0.4, 0.5) is 4.79 Å². The highest BCUT2D eigenvalue weighted by Gasteiger charge is 2.59. The van der Waals surface area contributed by atoms with Crippen molar-refractivity contribution in [2.75, 3.05) is 33.4 Å². The number of nitrogens with zero attached hydrogens (tertiary/aromatic N) is 2. The van der Waals surface area contributed by atoms with Crippen molar-refractivity contribution in [1.29, 1.82) is 0 Å². The van der Waals surface area contributed by atoms with Crippen LogP contribution in [0, 0.1) is 34.5 Å². The quantitative estimate of drug-likeness (QED) is 0.339. The molecule has 3 saturated carbocycles. The number of hydrogen-bond donors (Lipinski definition) is 1. The van der Waals surface area contributed by atoms with E-state index in [4.69, 9.17) is 9.57 Å². The van der Waals surface area contributed by atoms with E-state index in [9.17, 15) is 9.59 Å². The Hall–Kier alpha value is -1.73. The Balaban J connectivity index is 1.28. The number of hydrogen-bond acceptors (Lipinski definition) is 6. The second kappa shape index (κ2) is 9.62. The minimum absolute atomic E-state index is 0.0803. The summed E-state index contributed by atoms with van der Waals surface area (Å²) in [5.41, 5.74) is 2.80. The molecule has 6 atom stereocenters. The number of carbonyl (C=O) groups excluding carboxylic acids is 2. The molecule has 0 aromatic carbocycles. The number of fused-ring (bicyclic) bond motifs is 5. The molecule has 0 spiro atoms. The van der Waals surface area contributed by atoms with Gasteiger partial charge in [0.15, 0.2) is 5.78 Å². The zero-order chi connectivity index (χ0) is 24.8. The zero-order valence-electron chi connectivity index (χ0n) is 22.0. The molecule has 4 aliphatic carbocycles. The number of nitrogens with one attached hydrogen (secondary N) is 1. The lowest BCUT2D eigenvalue weighted by molar-refractivity contribution is -0.117. The van der Waals surface area contributed by atoms with Gasteiger partial charge in [0.25, 0.3) is 0 Å². The maximum absolute atomic E-state index is 12.8. The predicted molar refractivity (Wildman–Crippen MR) is 135 cm³/mol. The molecule has 4 fully saturated rings. The number of rotatable bonds is 6. The minimum atomic E-state index is -0.373. The largest absolute Gasteiger partial charge is 0.436 e. The van der Waals surface area contributed by atoms with Crippen molar-refractivity contribution in [1.82, 2.24) is 10.2 Å². The van der Waals surface area contributed by atoms with Crippen molar-refractivity contribution in [3.05, 3.63) is 11.6 Å². The van der Waals surface area contributed by atoms with Gasteiger partial charge in [-0.05, 0) is 93.6 Å². The molecule has 194 valence electrons. The van der Waals surface area contributed by atoms with Gasteiger partial charge < -0.3 is 10.1 Å². The van der Waals surface area contributed by atoms with Crippen LogP contribution in [0.5, 0.6) is 0 Å². The smallest absolute Gasteiger partial charge is 0.377 e. The molecule has 1 aliphatic heterocycles. The van der Waals surface area contributed by atoms with Crippen LogP contribution in [0.25, 0.3) is 0 Å². The van der Waals surface area contributed by atoms with Crippen LogP contribution in [0.1, 0.15) is 72.1 Å². The molecule has 1 N–H and O–H groups in total. The van der Waals surface area contributed by atoms with Crippen molar-refractivity contribution in [2.45, 2.75) is 78.2 Å². The molecule has 35 heavy (non-hydrogen) atoms. The highest BCUT2D eigenvalue weighted by atomic mass is 16.7. The number of oxime groups is 1. The average Bonchev–Trinajstić information content (AvgIpc) is 3.16. The van der Waals surface area contributed by atoms with E-state index >= 15 is 0 Å². The van der Waals surface area contributed by atoms with Crippen LogP contribution in [-0.4, -0.2) is 61.9 Å². The van der Waals surface area contributed by atoms with Crippen LogP contribution >= 0.6 is 0 Å². The lowest BCUT2D eigenvalue weighted by Gasteiger charge is -2.58. The Bertz CT molecular complexity index is 912. The van der Waals surface area contributed by atoms with Gasteiger partial charge in [-0.3, -0.25) is 14.5 Å². The fraction of sp³-hybridized carbons (Fsp3) is 0.821. The lowest BCUT2D eigenvalue weighted by Crippen LogP contribution is -2.53. The van der Waals surface area contributed by atoms with Crippen molar-refractivity contribution >= 4 is 17.6 Å². The van der Waals surface area contributed by atoms with Crippen LogP contribution in [-0.2, 0) is 14.4 Å². The van der Waals surface area contributed by atoms with E-state index in [1.54, 1.807) is 4.90 Å². The van der Waals surface area contributed by atoms with E-state index in [0.29, 0.717) is 56.3 Å². The molecule has 0 bridgehead atoms. The van der Waals surface area contributed by atoms with Gasteiger partial charge in [0, 0.05) is 25.4 Å². The molecule has 0 aromatic rings. The summed E-state index contributed by atoms with van der Waals surface area (Å²) in [6.07, 6.45) is 10.4. The molecule has 1 amide bonds. The standard InChI is InChI=1S/C28H43N3O4/c1-18(30-35-26(33)31(14-13-29-4)20-16-34-17-20)23-7-8-24-22-6-5-19-15-21(32)9-11-27(19,2)25(22)10-12-28(23,24)3/h15,20,22-25,29H,5-14,16-17H2,1-4H3/b30-18+/t22-,23+,24-,25-,27-,28+/m0/s1. The van der Waals surface area contributed by atoms with Gasteiger partial charge in [-0.2, -0.15) is 0 Å². The summed E-state index contributed by atoms with van der Waals surface area (Å²) in [4.78, 5) is 32.2. The first-order valence-electron chi connectivity index (χ1n) is 13.8. The third-order valence-electron chi connectivity index (χ3n) is 10.6. The molecule has 0 unspecified atom stereocenters. The van der Waals surface area contributed by atoms with E-state index in [-0.39, 0.29) is 23.0 Å². The van der Waals surface area contributed by atoms with Crippen LogP contribution in [0.2, 0.25) is 0 Å². The topological polar surface area (TPSA) is 80.2 Å². The Morgan fingerprint density at radius 3 is 2.69 bits per heavy atom. The summed E-state index contributed by atoms with van der Waals surface area (Å²) in [6, 6.07) is 0.0803. The fourth-order valence-electron chi connectivity index (χ4n) is 8.53. The molecule has 1 saturated heterocycles. The number of allylic oxidation sites excluding steroid dienone is 1. The van der Waals surface area contributed by atoms with Gasteiger partial charge in [0.05, 0.1) is 25.0 Å². The monoisotopic (exact) mass is 485 g/mol. The summed E-state index contributed by atoms with van der Waals surface area (Å²) in [5, 5.41) is 7.52. The number of ether oxygens (including phenoxy) is 1. The Kier molecular flexibility index (Phi) is 6.86. The summed E-state index contributed by atoms with van der Waals surface area (Å²) in [5.74, 6) is 2.78. The van der Waals surface area contributed by atoms with Gasteiger partial charge in [0.2, 0.25) is 0 Å². The van der Waals surface area contributed by atoms with Gasteiger partial charge in [-0.1, -0.05) is 24.6 Å². The third-order valence-corrected chi connectivity index (χ3v) is 10.6. The molecule has 5 aliphatic rings. The summed E-state index contributed by atoms with van der Waals surface area (Å²) in [7, 11) is 1.88. The second-order valence-corrected chi connectivity index (χ2v) is 12.2. The van der Waals surface area contributed by atoms with Crippen LogP contribution in [0.3, 0.4) is 0 Å². The SMILES string of the molecule is CNCCN(C(=O)O/N=C(\C)[C@H]1CC[C@H]2[C@@H]3CCC4=CC(=O)CC[C@]4(C)[C@H]3CC[C@]12C)C1COC1. The lowest BCUT2D eigenvalue weighted by atomic mass is 9.46. The number of ketones is 1. The molecule has 0 radical (unpaired) electrons. The number of carbonyl (C=O) groups is 2. The molecule has 7 nitrogen and oxygen atoms in total. The molecule has 7 heteroatoms. The Morgan fingerprint density at radius 2 is 1.97 bits per heavy atom. The first kappa shape index (κ1) is 24.9. The normalized spacial score (nSPS) is 39.1. The van der Waals surface area contributed by atoms with E-state index in [0.717, 1.165) is 30.9 Å². The van der Waals surface area contributed by atoms with Crippen LogP contribution < -0.4 is 5.32 Å². The van der Waals surface area contributed by atoms with Crippen LogP contribution in [0.15, 0.2) is 16.8 Å². The van der Waals surface area contributed by atoms with E-state index in [2.05, 4.69) is 31.2 Å². The molecular weight excluding hydrogens is 442 g/mol. The zero-order valence-corrected chi connectivity index (χ0v) is 22.0. The van der Waals surface area contributed by atoms with Crippen molar-refractivity contribution in [3.63, 3.8) is 0 Å². The maximum Gasteiger partial charge on any atom is 0.436 e. The van der Waals surface area contributed by atoms with E-state index in [1.165, 1.54) is 31.3 Å². The summed E-state index contributed by atoms with van der Waals surface area (Å²) in [6.45, 7) is 9.39. The van der Waals surface area contributed by atoms with Crippen molar-refractivity contribution in [3.8, 4) is 0 Å². The Labute approximate surface area is 210 Å².